The molecule has 204 valence electrons. The quantitative estimate of drug-likeness (QED) is 0.186. The maximum atomic E-state index is 13.8. The van der Waals surface area contributed by atoms with E-state index in [0.29, 0.717) is 33.2 Å². The van der Waals surface area contributed by atoms with E-state index in [4.69, 9.17) is 0 Å². The minimum absolute atomic E-state index is 0.00746. The van der Waals surface area contributed by atoms with Gasteiger partial charge in [-0.15, -0.1) is 0 Å². The normalized spacial score (nSPS) is 11.9. The van der Waals surface area contributed by atoms with E-state index < -0.39 is 34.6 Å². The van der Waals surface area contributed by atoms with Crippen LogP contribution in [0, 0.1) is 5.82 Å². The molecule has 0 saturated heterocycles. The Kier molecular flexibility index (Phi) is 6.98. The summed E-state index contributed by atoms with van der Waals surface area (Å²) >= 11 is 0. The number of rotatable bonds is 7. The molecule has 0 aliphatic carbocycles. The third kappa shape index (κ3) is 5.64. The van der Waals surface area contributed by atoms with Gasteiger partial charge < -0.3 is 9.26 Å². The second kappa shape index (κ2) is 10.4. The van der Waals surface area contributed by atoms with Crippen LogP contribution in [-0.2, 0) is 26.2 Å². The van der Waals surface area contributed by atoms with Gasteiger partial charge in [0, 0.05) is 23.2 Å². The molecule has 3 aromatic carbocycles. The molecule has 0 fully saturated rings. The number of anilines is 1. The standard InChI is InChI=1S/C27H17F4N3O5S/c28-20-3-1-2-16(13-20)17-4-6-23(19(12-17)15-38-26(35)27(29,30)31)25-22-7-5-21(14-18(22)8-10-32-25)40(36,37)34-24-9-11-39-33-24/h1-14H,15H2,(H,33,34). The van der Waals surface area contributed by atoms with E-state index in [9.17, 15) is 30.8 Å². The van der Waals surface area contributed by atoms with Crippen LogP contribution in [-0.4, -0.2) is 30.7 Å². The Balaban J connectivity index is 1.58. The van der Waals surface area contributed by atoms with E-state index in [1.54, 1.807) is 24.3 Å². The van der Waals surface area contributed by atoms with Gasteiger partial charge in [-0.2, -0.15) is 13.2 Å². The molecule has 40 heavy (non-hydrogen) atoms. The molecule has 0 atom stereocenters. The maximum absolute atomic E-state index is 13.8. The largest absolute Gasteiger partial charge is 0.490 e. The Morgan fingerprint density at radius 3 is 2.50 bits per heavy atom. The van der Waals surface area contributed by atoms with Gasteiger partial charge in [0.15, 0.2) is 5.82 Å². The number of carbonyl (C=O) groups excluding carboxylic acids is 1. The van der Waals surface area contributed by atoms with Gasteiger partial charge in [-0.3, -0.25) is 9.71 Å². The zero-order valence-corrected chi connectivity index (χ0v) is 21.0. The highest BCUT2D eigenvalue weighted by atomic mass is 32.2. The average molecular weight is 572 g/mol. The summed E-state index contributed by atoms with van der Waals surface area (Å²) in [6, 6.07) is 17.4. The van der Waals surface area contributed by atoms with Crippen LogP contribution < -0.4 is 4.72 Å². The predicted molar refractivity (Wildman–Crippen MR) is 136 cm³/mol. The molecule has 5 aromatic rings. The highest BCUT2D eigenvalue weighted by Crippen LogP contribution is 2.34. The van der Waals surface area contributed by atoms with Crippen LogP contribution >= 0.6 is 0 Å². The van der Waals surface area contributed by atoms with Crippen molar-refractivity contribution >= 4 is 32.6 Å². The number of alkyl halides is 3. The number of nitrogens with zero attached hydrogens (tertiary/aromatic N) is 2. The zero-order chi connectivity index (χ0) is 28.5. The van der Waals surface area contributed by atoms with E-state index >= 15 is 0 Å². The number of nitrogens with one attached hydrogen (secondary N) is 1. The lowest BCUT2D eigenvalue weighted by molar-refractivity contribution is -0.201. The van der Waals surface area contributed by atoms with Crippen molar-refractivity contribution in [2.45, 2.75) is 17.7 Å². The van der Waals surface area contributed by atoms with E-state index in [1.165, 1.54) is 61.0 Å². The second-order valence-corrected chi connectivity index (χ2v) is 10.2. The summed E-state index contributed by atoms with van der Waals surface area (Å²) in [7, 11) is -4.02. The van der Waals surface area contributed by atoms with Crippen molar-refractivity contribution in [2.75, 3.05) is 4.72 Å². The fourth-order valence-electron chi connectivity index (χ4n) is 4.02. The molecule has 0 radical (unpaired) electrons. The highest BCUT2D eigenvalue weighted by molar-refractivity contribution is 7.92. The number of pyridine rings is 1. The van der Waals surface area contributed by atoms with E-state index in [-0.39, 0.29) is 16.3 Å². The molecule has 0 unspecified atom stereocenters. The molecule has 13 heteroatoms. The Morgan fingerprint density at radius 2 is 1.77 bits per heavy atom. The summed E-state index contributed by atoms with van der Waals surface area (Å²) in [5.74, 6) is -2.88. The van der Waals surface area contributed by atoms with Crippen LogP contribution in [0.5, 0.6) is 0 Å². The van der Waals surface area contributed by atoms with Gasteiger partial charge in [-0.25, -0.2) is 17.6 Å². The fraction of sp³-hybridized carbons (Fsp3) is 0.0741. The van der Waals surface area contributed by atoms with Crippen LogP contribution in [0.4, 0.5) is 23.4 Å². The first-order chi connectivity index (χ1) is 19.0. The van der Waals surface area contributed by atoms with Gasteiger partial charge in [0.25, 0.3) is 10.0 Å². The van der Waals surface area contributed by atoms with Gasteiger partial charge in [0.2, 0.25) is 0 Å². The molecule has 5 rings (SSSR count). The van der Waals surface area contributed by atoms with Crippen molar-refractivity contribution in [3.05, 3.63) is 96.6 Å². The number of carbonyl (C=O) groups is 1. The van der Waals surface area contributed by atoms with Gasteiger partial charge in [0.05, 0.1) is 10.6 Å². The zero-order valence-electron chi connectivity index (χ0n) is 20.1. The third-order valence-electron chi connectivity index (χ3n) is 5.83. The lowest BCUT2D eigenvalue weighted by Gasteiger charge is -2.15. The van der Waals surface area contributed by atoms with Crippen molar-refractivity contribution in [2.24, 2.45) is 0 Å². The number of ether oxygens (including phenoxy) is 1. The number of esters is 1. The SMILES string of the molecule is O=C(OCc1cc(-c2cccc(F)c2)ccc1-c1nccc2cc(S(=O)(=O)Nc3ccon3)ccc12)C(F)(F)F. The molecular weight excluding hydrogens is 554 g/mol. The van der Waals surface area contributed by atoms with Crippen LogP contribution in [0.2, 0.25) is 0 Å². The molecular formula is C27H17F4N3O5S. The van der Waals surface area contributed by atoms with Crippen molar-refractivity contribution < 1.29 is 40.0 Å². The Morgan fingerprint density at radius 1 is 0.975 bits per heavy atom. The van der Waals surface area contributed by atoms with Crippen molar-refractivity contribution in [1.29, 1.82) is 0 Å². The van der Waals surface area contributed by atoms with Crippen LogP contribution in [0.15, 0.2) is 94.7 Å². The van der Waals surface area contributed by atoms with Gasteiger partial charge in [-0.1, -0.05) is 35.5 Å². The van der Waals surface area contributed by atoms with Gasteiger partial charge in [0.1, 0.15) is 18.7 Å². The van der Waals surface area contributed by atoms with Crippen molar-refractivity contribution in [1.82, 2.24) is 10.1 Å². The van der Waals surface area contributed by atoms with E-state index in [1.807, 2.05) is 0 Å². The van der Waals surface area contributed by atoms with Crippen LogP contribution in [0.1, 0.15) is 5.56 Å². The van der Waals surface area contributed by atoms with Gasteiger partial charge >= 0.3 is 12.1 Å². The number of sulfonamides is 1. The molecule has 8 nitrogen and oxygen atoms in total. The number of benzene rings is 3. The number of hydrogen-bond donors (Lipinski definition) is 1. The van der Waals surface area contributed by atoms with E-state index in [2.05, 4.69) is 24.1 Å². The Hall–Kier alpha value is -4.78. The topological polar surface area (TPSA) is 111 Å². The van der Waals surface area contributed by atoms with Gasteiger partial charge in [-0.05, 0) is 58.5 Å². The monoisotopic (exact) mass is 571 g/mol. The number of hydrogen-bond acceptors (Lipinski definition) is 7. The summed E-state index contributed by atoms with van der Waals surface area (Å²) in [6.45, 7) is -0.747. The third-order valence-corrected chi connectivity index (χ3v) is 7.18. The maximum Gasteiger partial charge on any atom is 0.490 e. The average Bonchev–Trinajstić information content (AvgIpc) is 3.42. The molecule has 0 aliphatic heterocycles. The first-order valence-electron chi connectivity index (χ1n) is 11.5. The lowest BCUT2D eigenvalue weighted by atomic mass is 9.95. The summed E-state index contributed by atoms with van der Waals surface area (Å²) in [4.78, 5) is 15.7. The number of fused-ring (bicyclic) bond motifs is 1. The molecule has 2 heterocycles. The number of aromatic nitrogens is 2. The smallest absolute Gasteiger partial charge is 0.454 e. The molecule has 0 spiro atoms. The molecule has 0 aliphatic rings. The first-order valence-corrected chi connectivity index (χ1v) is 12.9. The second-order valence-electron chi connectivity index (χ2n) is 8.49. The summed E-state index contributed by atoms with van der Waals surface area (Å²) in [5, 5.41) is 4.46. The Bertz CT molecular complexity index is 1820. The van der Waals surface area contributed by atoms with Crippen molar-refractivity contribution in [3.63, 3.8) is 0 Å². The van der Waals surface area contributed by atoms with Crippen molar-refractivity contribution in [3.8, 4) is 22.4 Å². The molecule has 0 amide bonds. The minimum atomic E-state index is -5.19. The minimum Gasteiger partial charge on any atom is -0.454 e. The number of halogens is 4. The summed E-state index contributed by atoms with van der Waals surface area (Å²) in [6.07, 6.45) is -2.58. The molecule has 1 N–H and O–H groups in total. The first kappa shape index (κ1) is 26.8. The summed E-state index contributed by atoms with van der Waals surface area (Å²) < 4.78 is 89.4. The van der Waals surface area contributed by atoms with Crippen LogP contribution in [0.3, 0.4) is 0 Å². The molecule has 0 bridgehead atoms. The lowest BCUT2D eigenvalue weighted by Crippen LogP contribution is -2.25. The van der Waals surface area contributed by atoms with E-state index in [0.717, 1.165) is 0 Å². The molecule has 2 aromatic heterocycles. The molecule has 0 saturated carbocycles. The fourth-order valence-corrected chi connectivity index (χ4v) is 5.04. The van der Waals surface area contributed by atoms with Crippen LogP contribution in [0.25, 0.3) is 33.2 Å². The predicted octanol–water partition coefficient (Wildman–Crippen LogP) is 6.10. The summed E-state index contributed by atoms with van der Waals surface area (Å²) in [5.41, 5.74) is 1.72. The highest BCUT2D eigenvalue weighted by Gasteiger charge is 2.41. The Labute approximate surface area is 224 Å².